The molecule has 2 heterocycles. The topological polar surface area (TPSA) is 113 Å². The maximum Gasteiger partial charge on any atom is 0.419 e. The molecule has 13 heteroatoms. The third kappa shape index (κ3) is 5.82. The number of hydrogen-bond donors (Lipinski definition) is 3. The van der Waals surface area contributed by atoms with Gasteiger partial charge in [0.25, 0.3) is 0 Å². The first-order chi connectivity index (χ1) is 17.3. The lowest BCUT2D eigenvalue weighted by Gasteiger charge is -2.40. The molecule has 0 unspecified atom stereocenters. The van der Waals surface area contributed by atoms with Crippen LogP contribution in [-0.2, 0) is 15.8 Å². The summed E-state index contributed by atoms with van der Waals surface area (Å²) in [7, 11) is 0. The number of nitrogens with one attached hydrogen (secondary N) is 1. The van der Waals surface area contributed by atoms with Crippen LogP contribution in [0.15, 0.2) is 18.2 Å². The summed E-state index contributed by atoms with van der Waals surface area (Å²) < 4.78 is 52.3. The molecule has 9 nitrogen and oxygen atoms in total. The summed E-state index contributed by atoms with van der Waals surface area (Å²) in [5.41, 5.74) is -1.85. The smallest absolute Gasteiger partial charge is 0.391 e. The molecular formula is C24H30F4N4O5. The predicted octanol–water partition coefficient (Wildman–Crippen LogP) is 2.03. The number of amides is 4. The van der Waals surface area contributed by atoms with Crippen molar-refractivity contribution in [2.45, 2.75) is 57.0 Å². The van der Waals surface area contributed by atoms with E-state index in [1.54, 1.807) is 0 Å². The minimum absolute atomic E-state index is 0.0349. The molecule has 1 spiro atoms. The molecule has 2 saturated heterocycles. The van der Waals surface area contributed by atoms with Crippen molar-refractivity contribution < 1.29 is 42.2 Å². The van der Waals surface area contributed by atoms with Gasteiger partial charge in [-0.25, -0.2) is 9.18 Å². The average molecular weight is 531 g/mol. The number of likely N-dealkylation sites (tertiary alicyclic amines) is 1. The average Bonchev–Trinajstić information content (AvgIpc) is 3.60. The quantitative estimate of drug-likeness (QED) is 0.505. The van der Waals surface area contributed by atoms with Crippen LogP contribution in [0, 0.1) is 11.2 Å². The van der Waals surface area contributed by atoms with Crippen molar-refractivity contribution in [3.05, 3.63) is 29.6 Å². The zero-order chi connectivity index (χ0) is 27.1. The van der Waals surface area contributed by atoms with E-state index in [0.29, 0.717) is 18.7 Å². The van der Waals surface area contributed by atoms with E-state index >= 15 is 0 Å². The van der Waals surface area contributed by atoms with Gasteiger partial charge in [-0.15, -0.1) is 0 Å². The van der Waals surface area contributed by atoms with Gasteiger partial charge in [0.2, 0.25) is 11.8 Å². The number of nitrogens with zero attached hydrogens (tertiary/aromatic N) is 3. The van der Waals surface area contributed by atoms with Crippen LogP contribution in [0.3, 0.4) is 0 Å². The van der Waals surface area contributed by atoms with Gasteiger partial charge in [0, 0.05) is 38.4 Å². The Labute approximate surface area is 211 Å². The second-order valence-electron chi connectivity index (χ2n) is 10.1. The van der Waals surface area contributed by atoms with Crippen LogP contribution < -0.4 is 5.32 Å². The molecule has 1 aromatic rings. The second kappa shape index (κ2) is 10.1. The Morgan fingerprint density at radius 3 is 2.51 bits per heavy atom. The van der Waals surface area contributed by atoms with Crippen LogP contribution in [0.25, 0.3) is 0 Å². The van der Waals surface area contributed by atoms with E-state index in [9.17, 15) is 42.2 Å². The molecule has 4 rings (SSSR count). The van der Waals surface area contributed by atoms with Gasteiger partial charge in [-0.2, -0.15) is 13.2 Å². The van der Waals surface area contributed by atoms with Crippen LogP contribution >= 0.6 is 0 Å². The molecule has 3 atom stereocenters. The van der Waals surface area contributed by atoms with E-state index in [1.165, 1.54) is 16.7 Å². The zero-order valence-electron chi connectivity index (χ0n) is 20.3. The molecule has 3 aliphatic rings. The monoisotopic (exact) mass is 530 g/mol. The Bertz CT molecular complexity index is 1060. The SMILES string of the molecule is C[C@H]1C(=O)N(C[C@@H](O)CC(=O)N2CCC3(CC3)[C@H](O)C2)CCN1C(=O)Nc1ccc(F)c(C(F)(F)F)c1. The van der Waals surface area contributed by atoms with Crippen molar-refractivity contribution in [1.29, 1.82) is 0 Å². The number of benzene rings is 1. The fourth-order valence-electron chi connectivity index (χ4n) is 5.04. The molecule has 0 bridgehead atoms. The number of anilines is 1. The van der Waals surface area contributed by atoms with Gasteiger partial charge in [0.15, 0.2) is 0 Å². The van der Waals surface area contributed by atoms with Crippen molar-refractivity contribution >= 4 is 23.5 Å². The fourth-order valence-corrected chi connectivity index (χ4v) is 5.04. The van der Waals surface area contributed by atoms with Crippen LogP contribution in [-0.4, -0.2) is 93.7 Å². The first kappa shape index (κ1) is 27.1. The number of β-amino-alcohol motifs (C(OH)–C–C–N with tert-alkyl or cyclic N) is 2. The van der Waals surface area contributed by atoms with E-state index in [4.69, 9.17) is 0 Å². The highest BCUT2D eigenvalue weighted by atomic mass is 19.4. The number of alkyl halides is 3. The molecule has 204 valence electrons. The van der Waals surface area contributed by atoms with Gasteiger partial charge in [0.05, 0.1) is 24.2 Å². The summed E-state index contributed by atoms with van der Waals surface area (Å²) in [6.07, 6.45) is -4.21. The van der Waals surface area contributed by atoms with Crippen LogP contribution in [0.2, 0.25) is 0 Å². The van der Waals surface area contributed by atoms with Crippen LogP contribution in [0.1, 0.15) is 38.2 Å². The highest BCUT2D eigenvalue weighted by Crippen LogP contribution is 2.53. The summed E-state index contributed by atoms with van der Waals surface area (Å²) in [6.45, 7) is 2.15. The van der Waals surface area contributed by atoms with Crippen molar-refractivity contribution in [3.8, 4) is 0 Å². The van der Waals surface area contributed by atoms with Crippen molar-refractivity contribution in [1.82, 2.24) is 14.7 Å². The number of carbonyl (C=O) groups is 3. The van der Waals surface area contributed by atoms with E-state index < -0.39 is 47.7 Å². The third-order valence-corrected chi connectivity index (χ3v) is 7.60. The number of carbonyl (C=O) groups excluding carboxylic acids is 3. The minimum Gasteiger partial charge on any atom is -0.391 e. The van der Waals surface area contributed by atoms with Gasteiger partial charge in [-0.05, 0) is 49.8 Å². The first-order valence-electron chi connectivity index (χ1n) is 12.2. The van der Waals surface area contributed by atoms with Crippen molar-refractivity contribution in [2.24, 2.45) is 5.41 Å². The number of piperidine rings is 1. The van der Waals surface area contributed by atoms with E-state index in [1.807, 2.05) is 0 Å². The number of aliphatic hydroxyl groups is 2. The fraction of sp³-hybridized carbons (Fsp3) is 0.625. The number of aliphatic hydroxyl groups excluding tert-OH is 2. The Morgan fingerprint density at radius 1 is 1.19 bits per heavy atom. The first-order valence-corrected chi connectivity index (χ1v) is 12.2. The molecule has 1 aliphatic carbocycles. The number of piperazine rings is 1. The number of urea groups is 1. The number of hydrogen-bond acceptors (Lipinski definition) is 5. The van der Waals surface area contributed by atoms with Crippen molar-refractivity contribution in [2.75, 3.05) is 38.0 Å². The lowest BCUT2D eigenvalue weighted by Crippen LogP contribution is -2.59. The summed E-state index contributed by atoms with van der Waals surface area (Å²) in [6, 6.07) is 0.265. The lowest BCUT2D eigenvalue weighted by molar-refractivity contribution is -0.144. The van der Waals surface area contributed by atoms with Gasteiger partial charge in [-0.3, -0.25) is 9.59 Å². The van der Waals surface area contributed by atoms with E-state index in [-0.39, 0.29) is 49.6 Å². The highest BCUT2D eigenvalue weighted by Gasteiger charge is 2.51. The predicted molar refractivity (Wildman–Crippen MR) is 123 cm³/mol. The van der Waals surface area contributed by atoms with Crippen LogP contribution in [0.5, 0.6) is 0 Å². The normalized spacial score (nSPS) is 24.3. The van der Waals surface area contributed by atoms with Crippen LogP contribution in [0.4, 0.5) is 28.0 Å². The lowest BCUT2D eigenvalue weighted by atomic mass is 9.90. The minimum atomic E-state index is -4.94. The van der Waals surface area contributed by atoms with Gasteiger partial charge in [0.1, 0.15) is 11.9 Å². The Morgan fingerprint density at radius 2 is 1.89 bits per heavy atom. The van der Waals surface area contributed by atoms with E-state index in [0.717, 1.165) is 30.2 Å². The van der Waals surface area contributed by atoms with Gasteiger partial charge in [-0.1, -0.05) is 0 Å². The summed E-state index contributed by atoms with van der Waals surface area (Å²) in [5, 5.41) is 23.0. The summed E-state index contributed by atoms with van der Waals surface area (Å²) in [4.78, 5) is 42.1. The van der Waals surface area contributed by atoms with Crippen molar-refractivity contribution in [3.63, 3.8) is 0 Å². The summed E-state index contributed by atoms with van der Waals surface area (Å²) in [5.74, 6) is -2.27. The highest BCUT2D eigenvalue weighted by molar-refractivity contribution is 5.94. The molecule has 4 amide bonds. The molecule has 37 heavy (non-hydrogen) atoms. The molecule has 2 aliphatic heterocycles. The maximum absolute atomic E-state index is 13.5. The van der Waals surface area contributed by atoms with Gasteiger partial charge >= 0.3 is 12.2 Å². The maximum atomic E-state index is 13.5. The number of rotatable bonds is 5. The van der Waals surface area contributed by atoms with E-state index in [2.05, 4.69) is 5.32 Å². The van der Waals surface area contributed by atoms with Gasteiger partial charge < -0.3 is 30.2 Å². The largest absolute Gasteiger partial charge is 0.419 e. The molecule has 1 aromatic carbocycles. The third-order valence-electron chi connectivity index (χ3n) is 7.60. The molecule has 0 aromatic heterocycles. The molecule has 0 radical (unpaired) electrons. The summed E-state index contributed by atoms with van der Waals surface area (Å²) >= 11 is 0. The molecule has 1 saturated carbocycles. The Kier molecular flexibility index (Phi) is 7.39. The Balaban J connectivity index is 1.29. The standard InChI is InChI=1S/C24H30F4N4O5/c1-14-21(36)31(12-16(33)11-20(35)30-7-6-23(4-5-23)19(34)13-30)8-9-32(14)22(37)29-15-2-3-18(25)17(10-15)24(26,27)28/h2-3,10,14,16,19,33-34H,4-9,11-13H2,1H3,(H,29,37)/t14-,16-,19+/m0/s1. The number of halogens is 4. The second-order valence-corrected chi connectivity index (χ2v) is 10.1. The molecule has 3 N–H and O–H groups in total. The molecular weight excluding hydrogens is 500 g/mol. The Hall–Kier alpha value is -2.93. The molecule has 3 fully saturated rings. The zero-order valence-corrected chi connectivity index (χ0v) is 20.3.